The van der Waals surface area contributed by atoms with Crippen molar-refractivity contribution in [2.24, 2.45) is 0 Å². The third kappa shape index (κ3) is 4.87. The first-order chi connectivity index (χ1) is 4.35. The minimum absolute atomic E-state index is 0.193. The van der Waals surface area contributed by atoms with Crippen LogP contribution in [0.25, 0.3) is 0 Å². The highest BCUT2D eigenvalue weighted by Gasteiger charge is 1.95. The standard InChI is InChI=1S/C6H19NSi2/c1-3-7(4-2)9-6-5-8/h3-6,9H2,1-2,8H3. The van der Waals surface area contributed by atoms with Gasteiger partial charge in [-0.2, -0.15) is 0 Å². The van der Waals surface area contributed by atoms with Crippen molar-refractivity contribution < 1.29 is 0 Å². The van der Waals surface area contributed by atoms with Crippen molar-refractivity contribution in [3.63, 3.8) is 0 Å². The van der Waals surface area contributed by atoms with Gasteiger partial charge in [-0.25, -0.2) is 0 Å². The van der Waals surface area contributed by atoms with E-state index >= 15 is 0 Å². The van der Waals surface area contributed by atoms with E-state index in [9.17, 15) is 0 Å². The van der Waals surface area contributed by atoms with Gasteiger partial charge in [-0.1, -0.05) is 25.9 Å². The Bertz CT molecular complexity index is 55.0. The van der Waals surface area contributed by atoms with Gasteiger partial charge < -0.3 is 4.57 Å². The summed E-state index contributed by atoms with van der Waals surface area (Å²) in [6, 6.07) is 3.07. The van der Waals surface area contributed by atoms with Gasteiger partial charge >= 0.3 is 0 Å². The lowest BCUT2D eigenvalue weighted by Gasteiger charge is -2.16. The summed E-state index contributed by atoms with van der Waals surface area (Å²) in [4.78, 5) is 0. The Morgan fingerprint density at radius 1 is 1.33 bits per heavy atom. The fourth-order valence-electron chi connectivity index (χ4n) is 0.922. The third-order valence-electron chi connectivity index (χ3n) is 1.72. The topological polar surface area (TPSA) is 3.24 Å². The number of hydrogen-bond acceptors (Lipinski definition) is 1. The highest BCUT2D eigenvalue weighted by atomic mass is 28.2. The van der Waals surface area contributed by atoms with E-state index in [0.29, 0.717) is 0 Å². The Morgan fingerprint density at radius 2 is 1.89 bits per heavy atom. The molecule has 0 fully saturated rings. The maximum atomic E-state index is 2.62. The lowest BCUT2D eigenvalue weighted by Crippen LogP contribution is -2.26. The second-order valence-electron chi connectivity index (χ2n) is 2.38. The molecule has 3 heteroatoms. The molecule has 0 N–H and O–H groups in total. The Hall–Kier alpha value is 0.394. The molecule has 56 valence electrons. The van der Waals surface area contributed by atoms with E-state index < -0.39 is 0 Å². The van der Waals surface area contributed by atoms with Crippen LogP contribution < -0.4 is 0 Å². The molecular formula is C6H19NSi2. The molecule has 0 radical (unpaired) electrons. The lowest BCUT2D eigenvalue weighted by molar-refractivity contribution is 0.492. The molecule has 0 aromatic carbocycles. The maximum absolute atomic E-state index is 2.62. The molecule has 0 heterocycles. The molecule has 9 heavy (non-hydrogen) atoms. The van der Waals surface area contributed by atoms with Gasteiger partial charge in [0.2, 0.25) is 0 Å². The second-order valence-corrected chi connectivity index (χ2v) is 5.43. The van der Waals surface area contributed by atoms with Gasteiger partial charge in [-0.3, -0.25) is 0 Å². The number of rotatable bonds is 5. The predicted molar refractivity (Wildman–Crippen MR) is 51.0 cm³/mol. The van der Waals surface area contributed by atoms with E-state index in [4.69, 9.17) is 0 Å². The molecule has 0 spiro atoms. The molecule has 0 aliphatic rings. The average molecular weight is 161 g/mol. The largest absolute Gasteiger partial charge is 0.330 e. The summed E-state index contributed by atoms with van der Waals surface area (Å²) in [7, 11) is 1.60. The van der Waals surface area contributed by atoms with Crippen molar-refractivity contribution >= 4 is 19.9 Å². The highest BCUT2D eigenvalue weighted by molar-refractivity contribution is 6.33. The van der Waals surface area contributed by atoms with Crippen LogP contribution in [-0.2, 0) is 0 Å². The van der Waals surface area contributed by atoms with E-state index in [1.807, 2.05) is 0 Å². The number of nitrogens with zero attached hydrogens (tertiary/aromatic N) is 1. The molecule has 0 rings (SSSR count). The fraction of sp³-hybridized carbons (Fsp3) is 1.00. The summed E-state index contributed by atoms with van der Waals surface area (Å²) in [6.45, 7) is 7.10. The normalized spacial score (nSPS) is 12.3. The molecule has 0 atom stereocenters. The quantitative estimate of drug-likeness (QED) is 0.497. The van der Waals surface area contributed by atoms with Crippen LogP contribution in [0.3, 0.4) is 0 Å². The Morgan fingerprint density at radius 3 is 2.22 bits per heavy atom. The van der Waals surface area contributed by atoms with Crippen molar-refractivity contribution in [1.29, 1.82) is 0 Å². The van der Waals surface area contributed by atoms with Crippen LogP contribution in [0.1, 0.15) is 13.8 Å². The van der Waals surface area contributed by atoms with Crippen LogP contribution in [0.2, 0.25) is 12.1 Å². The maximum Gasteiger partial charge on any atom is 0.0947 e. The molecule has 0 saturated carbocycles. The van der Waals surface area contributed by atoms with E-state index in [2.05, 4.69) is 18.4 Å². The lowest BCUT2D eigenvalue weighted by atomic mass is 10.7. The van der Waals surface area contributed by atoms with Crippen molar-refractivity contribution in [1.82, 2.24) is 4.57 Å². The summed E-state index contributed by atoms with van der Waals surface area (Å²) >= 11 is 0. The smallest absolute Gasteiger partial charge is 0.0947 e. The molecule has 0 aromatic heterocycles. The van der Waals surface area contributed by atoms with Crippen molar-refractivity contribution in [2.75, 3.05) is 13.1 Å². The summed E-state index contributed by atoms with van der Waals surface area (Å²) in [6.07, 6.45) is 0. The van der Waals surface area contributed by atoms with E-state index in [1.165, 1.54) is 29.4 Å². The monoisotopic (exact) mass is 161 g/mol. The van der Waals surface area contributed by atoms with Gasteiger partial charge in [0, 0.05) is 10.2 Å². The predicted octanol–water partition coefficient (Wildman–Crippen LogP) is -0.386. The van der Waals surface area contributed by atoms with Crippen molar-refractivity contribution in [3.8, 4) is 0 Å². The molecule has 0 amide bonds. The van der Waals surface area contributed by atoms with Crippen LogP contribution in [0.4, 0.5) is 0 Å². The molecular weight excluding hydrogens is 142 g/mol. The SMILES string of the molecule is CCN(CC)[SiH2]CC[SiH3]. The first-order valence-electron chi connectivity index (χ1n) is 4.07. The van der Waals surface area contributed by atoms with Gasteiger partial charge in [0.05, 0.1) is 9.68 Å². The van der Waals surface area contributed by atoms with E-state index in [-0.39, 0.29) is 9.68 Å². The molecule has 0 unspecified atom stereocenters. The molecule has 0 saturated heterocycles. The first kappa shape index (κ1) is 9.39. The van der Waals surface area contributed by atoms with Crippen LogP contribution in [0.15, 0.2) is 0 Å². The van der Waals surface area contributed by atoms with E-state index in [0.717, 1.165) is 0 Å². The highest BCUT2D eigenvalue weighted by Crippen LogP contribution is 1.90. The Kier molecular flexibility index (Phi) is 6.80. The second kappa shape index (κ2) is 6.51. The molecule has 0 bridgehead atoms. The van der Waals surface area contributed by atoms with Crippen LogP contribution in [-0.4, -0.2) is 37.6 Å². The number of hydrogen-bond donors (Lipinski definition) is 0. The summed E-state index contributed by atoms with van der Waals surface area (Å²) in [5, 5.41) is 0. The zero-order valence-corrected chi connectivity index (χ0v) is 10.4. The van der Waals surface area contributed by atoms with Gasteiger partial charge in [0.15, 0.2) is 0 Å². The average Bonchev–Trinajstić information content (AvgIpc) is 1.91. The van der Waals surface area contributed by atoms with Crippen LogP contribution in [0, 0.1) is 0 Å². The minimum Gasteiger partial charge on any atom is -0.330 e. The Balaban J connectivity index is 3.09. The zero-order chi connectivity index (χ0) is 7.11. The van der Waals surface area contributed by atoms with Crippen molar-refractivity contribution in [3.05, 3.63) is 0 Å². The first-order valence-corrected chi connectivity index (χ1v) is 7.12. The molecule has 1 nitrogen and oxygen atoms in total. The summed E-state index contributed by atoms with van der Waals surface area (Å²) in [5.74, 6) is 0. The van der Waals surface area contributed by atoms with Crippen LogP contribution in [0.5, 0.6) is 0 Å². The zero-order valence-electron chi connectivity index (χ0n) is 6.98. The van der Waals surface area contributed by atoms with Crippen LogP contribution >= 0.6 is 0 Å². The summed E-state index contributed by atoms with van der Waals surface area (Å²) < 4.78 is 2.62. The fourth-order valence-corrected chi connectivity index (χ4v) is 3.27. The van der Waals surface area contributed by atoms with Gasteiger partial charge in [0.25, 0.3) is 0 Å². The van der Waals surface area contributed by atoms with E-state index in [1.54, 1.807) is 6.04 Å². The minimum atomic E-state index is 0.193. The Labute approximate surface area is 64.1 Å². The molecule has 0 aliphatic carbocycles. The van der Waals surface area contributed by atoms with Gasteiger partial charge in [-0.15, -0.1) is 0 Å². The van der Waals surface area contributed by atoms with Gasteiger partial charge in [0.1, 0.15) is 0 Å². The summed E-state index contributed by atoms with van der Waals surface area (Å²) in [5.41, 5.74) is 0. The molecule has 0 aliphatic heterocycles. The third-order valence-corrected chi connectivity index (χ3v) is 6.39. The van der Waals surface area contributed by atoms with Gasteiger partial charge in [-0.05, 0) is 13.1 Å². The van der Waals surface area contributed by atoms with Crippen molar-refractivity contribution in [2.45, 2.75) is 25.9 Å². The molecule has 0 aromatic rings.